The number of sulfone groups is 2. The van der Waals surface area contributed by atoms with E-state index in [-0.39, 0.29) is 39.4 Å². The van der Waals surface area contributed by atoms with Crippen molar-refractivity contribution >= 4 is 31.6 Å². The lowest BCUT2D eigenvalue weighted by molar-refractivity contribution is 0.102. The van der Waals surface area contributed by atoms with Gasteiger partial charge in [0.1, 0.15) is 0 Å². The van der Waals surface area contributed by atoms with E-state index < -0.39 is 25.6 Å². The summed E-state index contributed by atoms with van der Waals surface area (Å²) in [5.41, 5.74) is 0.891. The highest BCUT2D eigenvalue weighted by Gasteiger charge is 2.16. The second kappa shape index (κ2) is 8.36. The highest BCUT2D eigenvalue weighted by atomic mass is 32.2. The summed E-state index contributed by atoms with van der Waals surface area (Å²) in [6.45, 7) is 1.52. The summed E-state index contributed by atoms with van der Waals surface area (Å²) >= 11 is 0. The molecule has 0 aliphatic rings. The zero-order valence-electron chi connectivity index (χ0n) is 16.2. The van der Waals surface area contributed by atoms with Gasteiger partial charge in [-0.2, -0.15) is 0 Å². The minimum absolute atomic E-state index is 0.0569. The highest BCUT2D eigenvalue weighted by molar-refractivity contribution is 7.91. The van der Waals surface area contributed by atoms with Crippen LogP contribution in [-0.2, 0) is 26.1 Å². The average molecular weight is 450 g/mol. The monoisotopic (exact) mass is 449 g/mol. The fourth-order valence-corrected chi connectivity index (χ4v) is 4.13. The molecule has 0 unspecified atom stereocenters. The van der Waals surface area contributed by atoms with Crippen LogP contribution < -0.4 is 5.32 Å². The van der Waals surface area contributed by atoms with Gasteiger partial charge in [0, 0.05) is 11.8 Å². The molecule has 0 saturated heterocycles. The van der Waals surface area contributed by atoms with Crippen molar-refractivity contribution in [2.45, 2.75) is 23.1 Å². The molecule has 1 heterocycles. The lowest BCUT2D eigenvalue weighted by atomic mass is 10.1. The number of nitrogens with one attached hydrogen (secondary N) is 1. The average Bonchev–Trinajstić information content (AvgIpc) is 3.14. The Bertz CT molecular complexity index is 1280. The van der Waals surface area contributed by atoms with E-state index in [1.807, 2.05) is 0 Å². The van der Waals surface area contributed by atoms with Crippen molar-refractivity contribution in [2.75, 3.05) is 17.3 Å². The largest absolute Gasteiger partial charge is 0.407 e. The zero-order chi connectivity index (χ0) is 21.9. The number of aromatic nitrogens is 2. The second-order valence-corrected chi connectivity index (χ2v) is 10.8. The van der Waals surface area contributed by atoms with E-state index >= 15 is 0 Å². The number of amides is 1. The predicted molar refractivity (Wildman–Crippen MR) is 109 cm³/mol. The molecule has 3 rings (SSSR count). The number of benzene rings is 2. The molecule has 0 bridgehead atoms. The van der Waals surface area contributed by atoms with Gasteiger partial charge in [0.2, 0.25) is 5.89 Å². The Morgan fingerprint density at radius 1 is 1.00 bits per heavy atom. The fourth-order valence-electron chi connectivity index (χ4n) is 2.57. The summed E-state index contributed by atoms with van der Waals surface area (Å²) in [5.74, 6) is -0.438. The van der Waals surface area contributed by atoms with Gasteiger partial charge in [-0.15, -0.1) is 5.10 Å². The molecule has 11 heteroatoms. The minimum Gasteiger partial charge on any atom is -0.407 e. The topological polar surface area (TPSA) is 136 Å². The van der Waals surface area contributed by atoms with Crippen molar-refractivity contribution < 1.29 is 26.0 Å². The Kier molecular flexibility index (Phi) is 6.04. The molecule has 0 radical (unpaired) electrons. The highest BCUT2D eigenvalue weighted by Crippen LogP contribution is 2.17. The Labute approximate surface area is 174 Å². The van der Waals surface area contributed by atoms with Gasteiger partial charge in [0.25, 0.3) is 5.91 Å². The molecule has 3 aromatic rings. The van der Waals surface area contributed by atoms with Crippen molar-refractivity contribution in [3.8, 4) is 0 Å². The van der Waals surface area contributed by atoms with E-state index in [9.17, 15) is 21.6 Å². The van der Waals surface area contributed by atoms with Crippen LogP contribution in [0.3, 0.4) is 0 Å². The van der Waals surface area contributed by atoms with Crippen LogP contribution in [-0.4, -0.2) is 44.9 Å². The van der Waals surface area contributed by atoms with Crippen LogP contribution in [0.4, 0.5) is 6.01 Å². The number of carbonyl (C=O) groups is 1. The maximum Gasteiger partial charge on any atom is 0.322 e. The maximum atomic E-state index is 12.4. The molecule has 0 atom stereocenters. The van der Waals surface area contributed by atoms with Crippen molar-refractivity contribution in [1.82, 2.24) is 10.2 Å². The van der Waals surface area contributed by atoms with Gasteiger partial charge >= 0.3 is 6.01 Å². The molecular formula is C19H19N3O6S2. The third kappa shape index (κ3) is 5.10. The van der Waals surface area contributed by atoms with E-state index in [1.54, 1.807) is 12.1 Å². The van der Waals surface area contributed by atoms with Crippen LogP contribution in [0, 0.1) is 0 Å². The smallest absolute Gasteiger partial charge is 0.322 e. The van der Waals surface area contributed by atoms with Crippen LogP contribution in [0.15, 0.2) is 62.7 Å². The van der Waals surface area contributed by atoms with Crippen molar-refractivity contribution in [1.29, 1.82) is 0 Å². The molecule has 1 aromatic heterocycles. The van der Waals surface area contributed by atoms with Gasteiger partial charge in [0.05, 0.1) is 22.0 Å². The van der Waals surface area contributed by atoms with Crippen LogP contribution >= 0.6 is 0 Å². The molecular weight excluding hydrogens is 430 g/mol. The predicted octanol–water partition coefficient (Wildman–Crippen LogP) is 2.11. The molecule has 2 aromatic carbocycles. The Balaban J connectivity index is 1.70. The number of rotatable bonds is 7. The molecule has 0 saturated carbocycles. The molecule has 0 spiro atoms. The van der Waals surface area contributed by atoms with Crippen LogP contribution in [0.2, 0.25) is 0 Å². The minimum atomic E-state index is -3.44. The van der Waals surface area contributed by atoms with Crippen molar-refractivity contribution in [3.63, 3.8) is 0 Å². The summed E-state index contributed by atoms with van der Waals surface area (Å²) in [7, 11) is -6.72. The van der Waals surface area contributed by atoms with Gasteiger partial charge in [0.15, 0.2) is 19.7 Å². The molecule has 0 aliphatic heterocycles. The molecule has 1 N–H and O–H groups in total. The maximum absolute atomic E-state index is 12.4. The number of hydrogen-bond donors (Lipinski definition) is 1. The quantitative estimate of drug-likeness (QED) is 0.579. The van der Waals surface area contributed by atoms with E-state index in [0.29, 0.717) is 0 Å². The van der Waals surface area contributed by atoms with Gasteiger partial charge in [-0.25, -0.2) is 16.8 Å². The van der Waals surface area contributed by atoms with Gasteiger partial charge in [-0.05, 0) is 35.9 Å². The Morgan fingerprint density at radius 2 is 1.70 bits per heavy atom. The molecule has 0 aliphatic carbocycles. The first-order valence-corrected chi connectivity index (χ1v) is 12.4. The number of hydrogen-bond acceptors (Lipinski definition) is 8. The summed E-state index contributed by atoms with van der Waals surface area (Å²) in [6, 6.07) is 11.8. The third-order valence-electron chi connectivity index (χ3n) is 4.23. The van der Waals surface area contributed by atoms with Crippen LogP contribution in [0.25, 0.3) is 0 Å². The van der Waals surface area contributed by atoms with Crippen molar-refractivity contribution in [3.05, 3.63) is 65.5 Å². The molecule has 30 heavy (non-hydrogen) atoms. The van der Waals surface area contributed by atoms with Gasteiger partial charge < -0.3 is 4.42 Å². The lowest BCUT2D eigenvalue weighted by Gasteiger charge is -2.04. The first kappa shape index (κ1) is 21.7. The standard InChI is InChI=1S/C19H19N3O6S2/c1-3-30(26,27)16-6-4-5-14(12-16)18(23)20-19-22-21-17(28-19)11-13-7-9-15(10-8-13)29(2,24)25/h4-10,12H,3,11H2,1-2H3,(H,20,22,23). The first-order chi connectivity index (χ1) is 14.1. The Hall–Kier alpha value is -3.05. The number of anilines is 1. The van der Waals surface area contributed by atoms with Gasteiger partial charge in [-0.1, -0.05) is 30.2 Å². The first-order valence-electron chi connectivity index (χ1n) is 8.84. The SMILES string of the molecule is CCS(=O)(=O)c1cccc(C(=O)Nc2nnc(Cc3ccc(S(C)(=O)=O)cc3)o2)c1. The molecule has 0 fully saturated rings. The second-order valence-electron chi connectivity index (χ2n) is 6.48. The molecule has 158 valence electrons. The Morgan fingerprint density at radius 3 is 2.33 bits per heavy atom. The van der Waals surface area contributed by atoms with Gasteiger partial charge in [-0.3, -0.25) is 10.1 Å². The van der Waals surface area contributed by atoms with E-state index in [2.05, 4.69) is 15.5 Å². The summed E-state index contributed by atoms with van der Waals surface area (Å²) in [6.07, 6.45) is 1.37. The van der Waals surface area contributed by atoms with E-state index in [4.69, 9.17) is 4.42 Å². The van der Waals surface area contributed by atoms with Crippen LogP contribution in [0.5, 0.6) is 0 Å². The summed E-state index contributed by atoms with van der Waals surface area (Å²) in [4.78, 5) is 12.7. The molecule has 1 amide bonds. The van der Waals surface area contributed by atoms with E-state index in [1.165, 1.54) is 43.3 Å². The van der Waals surface area contributed by atoms with E-state index in [0.717, 1.165) is 11.8 Å². The fraction of sp³-hybridized carbons (Fsp3) is 0.211. The van der Waals surface area contributed by atoms with Crippen LogP contribution in [0.1, 0.15) is 28.7 Å². The van der Waals surface area contributed by atoms with Crippen molar-refractivity contribution in [2.24, 2.45) is 0 Å². The molecule has 9 nitrogen and oxygen atoms in total. The summed E-state index contributed by atoms with van der Waals surface area (Å²) < 4.78 is 52.4. The summed E-state index contributed by atoms with van der Waals surface area (Å²) in [5, 5.41) is 10.0. The normalized spacial score (nSPS) is 11.9. The zero-order valence-corrected chi connectivity index (χ0v) is 17.8. The number of nitrogens with zero attached hydrogens (tertiary/aromatic N) is 2. The number of carbonyl (C=O) groups excluding carboxylic acids is 1. The lowest BCUT2D eigenvalue weighted by Crippen LogP contribution is -2.13. The third-order valence-corrected chi connectivity index (χ3v) is 7.09.